The summed E-state index contributed by atoms with van der Waals surface area (Å²) in [5.74, 6) is 0. The highest BCUT2D eigenvalue weighted by molar-refractivity contribution is 5.27. The Hall–Kier alpha value is -0.560. The van der Waals surface area contributed by atoms with Gasteiger partial charge in [0.05, 0.1) is 6.10 Å². The van der Waals surface area contributed by atoms with Crippen LogP contribution < -0.4 is 0 Å². The van der Waals surface area contributed by atoms with Gasteiger partial charge in [-0.05, 0) is 19.3 Å². The standard InChI is InChI=1S/C8H12O/c1-6-3-4-8(9)5-7(6)2/h8-9H,1-5H2/t8-/m0/s1. The van der Waals surface area contributed by atoms with E-state index < -0.39 is 0 Å². The lowest BCUT2D eigenvalue weighted by atomic mass is 9.90. The minimum Gasteiger partial charge on any atom is -0.393 e. The van der Waals surface area contributed by atoms with E-state index in [9.17, 15) is 0 Å². The Bertz CT molecular complexity index is 147. The Morgan fingerprint density at radius 1 is 1.33 bits per heavy atom. The molecule has 1 fully saturated rings. The molecule has 1 nitrogen and oxygen atoms in total. The number of hydrogen-bond donors (Lipinski definition) is 1. The lowest BCUT2D eigenvalue weighted by molar-refractivity contribution is 0.158. The minimum absolute atomic E-state index is 0.164. The molecule has 9 heavy (non-hydrogen) atoms. The molecule has 1 rings (SSSR count). The summed E-state index contributed by atoms with van der Waals surface area (Å²) in [6.07, 6.45) is 2.33. The van der Waals surface area contributed by atoms with Crippen molar-refractivity contribution in [3.63, 3.8) is 0 Å². The van der Waals surface area contributed by atoms with Crippen molar-refractivity contribution in [1.82, 2.24) is 0 Å². The molecular formula is C8H12O. The smallest absolute Gasteiger partial charge is 0.0583 e. The molecule has 0 unspecified atom stereocenters. The molecule has 0 radical (unpaired) electrons. The monoisotopic (exact) mass is 124 g/mol. The Labute approximate surface area is 55.7 Å². The summed E-state index contributed by atoms with van der Waals surface area (Å²) in [6.45, 7) is 7.61. The largest absolute Gasteiger partial charge is 0.393 e. The predicted molar refractivity (Wildman–Crippen MR) is 38.1 cm³/mol. The van der Waals surface area contributed by atoms with Gasteiger partial charge in [0, 0.05) is 0 Å². The maximum atomic E-state index is 9.10. The lowest BCUT2D eigenvalue weighted by Gasteiger charge is -2.20. The summed E-state index contributed by atoms with van der Waals surface area (Å²) < 4.78 is 0. The fourth-order valence-electron chi connectivity index (χ4n) is 1.05. The van der Waals surface area contributed by atoms with Crippen LogP contribution in [0.2, 0.25) is 0 Å². The van der Waals surface area contributed by atoms with Crippen molar-refractivity contribution in [3.8, 4) is 0 Å². The van der Waals surface area contributed by atoms with E-state index in [0.717, 1.165) is 30.4 Å². The Morgan fingerprint density at radius 3 is 2.44 bits per heavy atom. The van der Waals surface area contributed by atoms with Gasteiger partial charge in [-0.15, -0.1) is 0 Å². The van der Waals surface area contributed by atoms with Gasteiger partial charge in [-0.3, -0.25) is 0 Å². The van der Waals surface area contributed by atoms with E-state index in [4.69, 9.17) is 5.11 Å². The summed E-state index contributed by atoms with van der Waals surface area (Å²) in [6, 6.07) is 0. The fraction of sp³-hybridized carbons (Fsp3) is 0.500. The van der Waals surface area contributed by atoms with E-state index in [2.05, 4.69) is 13.2 Å². The first-order chi connectivity index (χ1) is 4.20. The van der Waals surface area contributed by atoms with E-state index in [-0.39, 0.29) is 6.10 Å². The van der Waals surface area contributed by atoms with Crippen LogP contribution in [0.1, 0.15) is 19.3 Å². The normalized spacial score (nSPS) is 28.8. The third-order valence-electron chi connectivity index (χ3n) is 1.76. The number of rotatable bonds is 0. The summed E-state index contributed by atoms with van der Waals surface area (Å²) in [5, 5.41) is 9.10. The second-order valence-corrected chi connectivity index (χ2v) is 2.60. The van der Waals surface area contributed by atoms with Crippen LogP contribution in [0.4, 0.5) is 0 Å². The number of aliphatic hydroxyl groups is 1. The van der Waals surface area contributed by atoms with Gasteiger partial charge < -0.3 is 5.11 Å². The highest BCUT2D eigenvalue weighted by atomic mass is 16.3. The summed E-state index contributed by atoms with van der Waals surface area (Å²) in [5.41, 5.74) is 2.13. The van der Waals surface area contributed by atoms with Crippen LogP contribution in [0, 0.1) is 0 Å². The molecule has 1 N–H and O–H groups in total. The zero-order valence-corrected chi connectivity index (χ0v) is 5.56. The van der Waals surface area contributed by atoms with Crippen molar-refractivity contribution < 1.29 is 5.11 Å². The van der Waals surface area contributed by atoms with E-state index >= 15 is 0 Å². The summed E-state index contributed by atoms with van der Waals surface area (Å²) in [7, 11) is 0. The molecule has 1 heteroatoms. The lowest BCUT2D eigenvalue weighted by Crippen LogP contribution is -2.13. The molecule has 0 amide bonds. The third-order valence-corrected chi connectivity index (χ3v) is 1.76. The van der Waals surface area contributed by atoms with Crippen LogP contribution in [0.5, 0.6) is 0 Å². The average Bonchev–Trinajstić information content (AvgIpc) is 1.80. The molecular weight excluding hydrogens is 112 g/mol. The second-order valence-electron chi connectivity index (χ2n) is 2.60. The van der Waals surface area contributed by atoms with Gasteiger partial charge >= 0.3 is 0 Å². The molecule has 1 saturated carbocycles. The number of aliphatic hydroxyl groups excluding tert-OH is 1. The first-order valence-corrected chi connectivity index (χ1v) is 3.24. The Kier molecular flexibility index (Phi) is 1.72. The molecule has 0 bridgehead atoms. The van der Waals surface area contributed by atoms with Crippen molar-refractivity contribution >= 4 is 0 Å². The maximum Gasteiger partial charge on any atom is 0.0583 e. The molecule has 0 saturated heterocycles. The number of allylic oxidation sites excluding steroid dienone is 1. The van der Waals surface area contributed by atoms with Gasteiger partial charge in [-0.1, -0.05) is 24.3 Å². The van der Waals surface area contributed by atoms with Gasteiger partial charge in [0.1, 0.15) is 0 Å². The molecule has 0 spiro atoms. The molecule has 0 aromatic rings. The molecule has 0 aliphatic heterocycles. The van der Waals surface area contributed by atoms with Crippen LogP contribution in [0.25, 0.3) is 0 Å². The summed E-state index contributed by atoms with van der Waals surface area (Å²) in [4.78, 5) is 0. The van der Waals surface area contributed by atoms with Crippen LogP contribution in [0.15, 0.2) is 24.3 Å². The first kappa shape index (κ1) is 6.56. The highest BCUT2D eigenvalue weighted by Gasteiger charge is 2.14. The van der Waals surface area contributed by atoms with Gasteiger partial charge in [0.25, 0.3) is 0 Å². The van der Waals surface area contributed by atoms with Crippen LogP contribution >= 0.6 is 0 Å². The highest BCUT2D eigenvalue weighted by Crippen LogP contribution is 2.25. The summed E-state index contributed by atoms with van der Waals surface area (Å²) >= 11 is 0. The number of hydrogen-bond acceptors (Lipinski definition) is 1. The van der Waals surface area contributed by atoms with E-state index in [1.165, 1.54) is 0 Å². The van der Waals surface area contributed by atoms with Gasteiger partial charge in [0.15, 0.2) is 0 Å². The minimum atomic E-state index is -0.164. The van der Waals surface area contributed by atoms with Crippen molar-refractivity contribution in [2.45, 2.75) is 25.4 Å². The van der Waals surface area contributed by atoms with Gasteiger partial charge in [-0.25, -0.2) is 0 Å². The van der Waals surface area contributed by atoms with Crippen LogP contribution in [-0.2, 0) is 0 Å². The predicted octanol–water partition coefficient (Wildman–Crippen LogP) is 1.64. The van der Waals surface area contributed by atoms with E-state index in [1.807, 2.05) is 0 Å². The molecule has 1 aliphatic carbocycles. The van der Waals surface area contributed by atoms with Gasteiger partial charge in [-0.2, -0.15) is 0 Å². The fourth-order valence-corrected chi connectivity index (χ4v) is 1.05. The zero-order valence-electron chi connectivity index (χ0n) is 5.56. The van der Waals surface area contributed by atoms with Crippen molar-refractivity contribution in [1.29, 1.82) is 0 Å². The van der Waals surface area contributed by atoms with Crippen LogP contribution in [0.3, 0.4) is 0 Å². The molecule has 1 atom stereocenters. The second kappa shape index (κ2) is 2.36. The average molecular weight is 124 g/mol. The van der Waals surface area contributed by atoms with Crippen LogP contribution in [-0.4, -0.2) is 11.2 Å². The molecule has 0 aromatic heterocycles. The van der Waals surface area contributed by atoms with Gasteiger partial charge in [0.2, 0.25) is 0 Å². The van der Waals surface area contributed by atoms with E-state index in [1.54, 1.807) is 0 Å². The Balaban J connectivity index is 2.54. The third kappa shape index (κ3) is 1.42. The van der Waals surface area contributed by atoms with Crippen molar-refractivity contribution in [3.05, 3.63) is 24.3 Å². The van der Waals surface area contributed by atoms with Crippen molar-refractivity contribution in [2.24, 2.45) is 0 Å². The Morgan fingerprint density at radius 2 is 2.00 bits per heavy atom. The quantitative estimate of drug-likeness (QED) is 0.520. The van der Waals surface area contributed by atoms with Crippen molar-refractivity contribution in [2.75, 3.05) is 0 Å². The molecule has 50 valence electrons. The topological polar surface area (TPSA) is 20.2 Å². The molecule has 0 aromatic carbocycles. The SMILES string of the molecule is C=C1CC[C@H](O)CC1=C. The van der Waals surface area contributed by atoms with E-state index in [0.29, 0.717) is 0 Å². The molecule has 1 aliphatic rings. The molecule has 0 heterocycles. The zero-order chi connectivity index (χ0) is 6.85. The first-order valence-electron chi connectivity index (χ1n) is 3.24. The maximum absolute atomic E-state index is 9.10.